The van der Waals surface area contributed by atoms with Gasteiger partial charge >= 0.3 is 0 Å². The van der Waals surface area contributed by atoms with E-state index in [1.807, 2.05) is 6.92 Å². The molecule has 94 valence electrons. The zero-order valence-corrected chi connectivity index (χ0v) is 10.5. The van der Waals surface area contributed by atoms with E-state index >= 15 is 0 Å². The summed E-state index contributed by atoms with van der Waals surface area (Å²) in [6.45, 7) is 3.35. The molecule has 0 fully saturated rings. The van der Waals surface area contributed by atoms with E-state index in [4.69, 9.17) is 9.47 Å². The molecule has 0 heterocycles. The second kappa shape index (κ2) is 6.10. The average Bonchev–Trinajstić information content (AvgIpc) is 2.28. The lowest BCUT2D eigenvalue weighted by Crippen LogP contribution is -2.17. The van der Waals surface area contributed by atoms with Gasteiger partial charge in [-0.15, -0.1) is 0 Å². The van der Waals surface area contributed by atoms with Crippen molar-refractivity contribution in [2.24, 2.45) is 0 Å². The van der Waals surface area contributed by atoms with E-state index < -0.39 is 0 Å². The first kappa shape index (κ1) is 13.3. The molecule has 1 aromatic carbocycles. The van der Waals surface area contributed by atoms with Gasteiger partial charge in [0.1, 0.15) is 12.0 Å². The number of amides is 1. The Morgan fingerprint density at radius 2 is 2.06 bits per heavy atom. The predicted octanol–water partition coefficient (Wildman–Crippen LogP) is 2.06. The molecule has 1 rings (SSSR count). The minimum Gasteiger partial charge on any atom is -0.495 e. The van der Waals surface area contributed by atoms with Crippen molar-refractivity contribution in [1.29, 1.82) is 0 Å². The highest BCUT2D eigenvalue weighted by atomic mass is 16.5. The highest BCUT2D eigenvalue weighted by Crippen LogP contribution is 2.28. The quantitative estimate of drug-likeness (QED) is 0.771. The van der Waals surface area contributed by atoms with Gasteiger partial charge in [-0.1, -0.05) is 0 Å². The Kier molecular flexibility index (Phi) is 4.78. The third-order valence-corrected chi connectivity index (χ3v) is 2.23. The lowest BCUT2D eigenvalue weighted by Gasteiger charge is -2.17. The van der Waals surface area contributed by atoms with Crippen molar-refractivity contribution in [2.45, 2.75) is 20.1 Å². The van der Waals surface area contributed by atoms with Crippen molar-refractivity contribution >= 4 is 17.3 Å². The molecule has 0 radical (unpaired) electrons. The van der Waals surface area contributed by atoms with Crippen LogP contribution in [0.1, 0.15) is 13.8 Å². The number of rotatable bonds is 5. The summed E-state index contributed by atoms with van der Waals surface area (Å²) in [6, 6.07) is 5.37. The van der Waals surface area contributed by atoms with Crippen LogP contribution in [0.4, 0.5) is 11.4 Å². The van der Waals surface area contributed by atoms with Crippen LogP contribution in [0.5, 0.6) is 5.75 Å². The Labute approximate surface area is 101 Å². The molecule has 0 aliphatic rings. The lowest BCUT2D eigenvalue weighted by atomic mass is 10.2. The van der Waals surface area contributed by atoms with E-state index in [2.05, 4.69) is 10.6 Å². The molecule has 0 saturated carbocycles. The second-order valence-electron chi connectivity index (χ2n) is 3.62. The first-order chi connectivity index (χ1) is 8.06. The van der Waals surface area contributed by atoms with Crippen molar-refractivity contribution in [1.82, 2.24) is 0 Å². The zero-order chi connectivity index (χ0) is 12.8. The van der Waals surface area contributed by atoms with Gasteiger partial charge in [-0.05, 0) is 25.1 Å². The minimum atomic E-state index is -0.142. The fourth-order valence-electron chi connectivity index (χ4n) is 1.38. The molecule has 0 aromatic heterocycles. The van der Waals surface area contributed by atoms with Crippen molar-refractivity contribution in [3.8, 4) is 5.75 Å². The second-order valence-corrected chi connectivity index (χ2v) is 3.62. The summed E-state index contributed by atoms with van der Waals surface area (Å²) < 4.78 is 10.3. The van der Waals surface area contributed by atoms with Gasteiger partial charge in [-0.25, -0.2) is 0 Å². The van der Waals surface area contributed by atoms with E-state index in [9.17, 15) is 4.79 Å². The summed E-state index contributed by atoms with van der Waals surface area (Å²) in [4.78, 5) is 11.0. The van der Waals surface area contributed by atoms with Gasteiger partial charge < -0.3 is 20.1 Å². The third-order valence-electron chi connectivity index (χ3n) is 2.23. The third kappa shape index (κ3) is 3.96. The van der Waals surface area contributed by atoms with Crippen molar-refractivity contribution in [3.05, 3.63) is 18.2 Å². The van der Waals surface area contributed by atoms with Crippen molar-refractivity contribution < 1.29 is 14.3 Å². The Hall–Kier alpha value is -1.75. The topological polar surface area (TPSA) is 59.6 Å². The molecule has 1 amide bonds. The number of nitrogens with one attached hydrogen (secondary N) is 2. The fourth-order valence-corrected chi connectivity index (χ4v) is 1.38. The summed E-state index contributed by atoms with van der Waals surface area (Å²) in [7, 11) is 3.21. The molecule has 17 heavy (non-hydrogen) atoms. The number of ether oxygens (including phenoxy) is 2. The maximum Gasteiger partial charge on any atom is 0.221 e. The highest BCUT2D eigenvalue weighted by Gasteiger charge is 2.07. The van der Waals surface area contributed by atoms with Crippen LogP contribution in [0.25, 0.3) is 0 Å². The first-order valence-electron chi connectivity index (χ1n) is 5.31. The summed E-state index contributed by atoms with van der Waals surface area (Å²) in [6.07, 6.45) is -0.142. The van der Waals surface area contributed by atoms with E-state index in [0.29, 0.717) is 11.4 Å². The average molecular weight is 238 g/mol. The molecule has 0 saturated heterocycles. The largest absolute Gasteiger partial charge is 0.495 e. The number of hydrogen-bond donors (Lipinski definition) is 2. The van der Waals surface area contributed by atoms with Gasteiger partial charge in [0.15, 0.2) is 0 Å². The molecule has 2 N–H and O–H groups in total. The molecule has 1 atom stereocenters. The molecule has 0 bridgehead atoms. The molecular weight excluding hydrogens is 220 g/mol. The number of benzene rings is 1. The Balaban J connectivity index is 2.93. The lowest BCUT2D eigenvalue weighted by molar-refractivity contribution is -0.114. The molecule has 1 aromatic rings. The normalized spacial score (nSPS) is 11.8. The maximum atomic E-state index is 11.0. The van der Waals surface area contributed by atoms with Crippen molar-refractivity contribution in [3.63, 3.8) is 0 Å². The zero-order valence-electron chi connectivity index (χ0n) is 10.5. The van der Waals surface area contributed by atoms with Crippen LogP contribution in [-0.4, -0.2) is 26.4 Å². The highest BCUT2D eigenvalue weighted by molar-refractivity contribution is 5.89. The molecule has 1 unspecified atom stereocenters. The molecule has 5 heteroatoms. The van der Waals surface area contributed by atoms with Crippen LogP contribution in [0.15, 0.2) is 18.2 Å². The summed E-state index contributed by atoms with van der Waals surface area (Å²) in [5, 5.41) is 5.84. The fraction of sp³-hybridized carbons (Fsp3) is 0.417. The van der Waals surface area contributed by atoms with Crippen LogP contribution in [0.3, 0.4) is 0 Å². The van der Waals surface area contributed by atoms with Crippen LogP contribution in [-0.2, 0) is 9.53 Å². The Morgan fingerprint density at radius 1 is 1.35 bits per heavy atom. The minimum absolute atomic E-state index is 0.110. The van der Waals surface area contributed by atoms with Gasteiger partial charge in [-0.2, -0.15) is 0 Å². The summed E-state index contributed by atoms with van der Waals surface area (Å²) >= 11 is 0. The molecule has 0 spiro atoms. The van der Waals surface area contributed by atoms with Crippen LogP contribution in [0, 0.1) is 0 Å². The smallest absolute Gasteiger partial charge is 0.221 e. The predicted molar refractivity (Wildman–Crippen MR) is 67.4 cm³/mol. The van der Waals surface area contributed by atoms with Gasteiger partial charge in [-0.3, -0.25) is 4.79 Å². The monoisotopic (exact) mass is 238 g/mol. The van der Waals surface area contributed by atoms with Gasteiger partial charge in [0, 0.05) is 19.7 Å². The summed E-state index contributed by atoms with van der Waals surface area (Å²) in [5.74, 6) is 0.587. The SMILES string of the molecule is COc1ccc(NC(C)=O)cc1NC(C)OC. The molecule has 5 nitrogen and oxygen atoms in total. The number of carbonyl (C=O) groups is 1. The number of hydrogen-bond acceptors (Lipinski definition) is 4. The standard InChI is InChI=1S/C12H18N2O3/c1-8(15)13-10-5-6-12(17-4)11(7-10)14-9(2)16-3/h5-7,9,14H,1-4H3,(H,13,15). The van der Waals surface area contributed by atoms with Crippen molar-refractivity contribution in [2.75, 3.05) is 24.9 Å². The van der Waals surface area contributed by atoms with Gasteiger partial charge in [0.25, 0.3) is 0 Å². The number of methoxy groups -OCH3 is 2. The van der Waals surface area contributed by atoms with E-state index in [-0.39, 0.29) is 12.1 Å². The van der Waals surface area contributed by atoms with E-state index in [1.165, 1.54) is 6.92 Å². The van der Waals surface area contributed by atoms with E-state index in [0.717, 1.165) is 5.69 Å². The van der Waals surface area contributed by atoms with Crippen LogP contribution < -0.4 is 15.4 Å². The number of anilines is 2. The van der Waals surface area contributed by atoms with E-state index in [1.54, 1.807) is 32.4 Å². The molecule has 0 aliphatic heterocycles. The first-order valence-corrected chi connectivity index (χ1v) is 5.31. The van der Waals surface area contributed by atoms with Gasteiger partial charge in [0.05, 0.1) is 12.8 Å². The Bertz CT molecular complexity index is 393. The van der Waals surface area contributed by atoms with Gasteiger partial charge in [0.2, 0.25) is 5.91 Å². The van der Waals surface area contributed by atoms with Crippen LogP contribution in [0.2, 0.25) is 0 Å². The summed E-state index contributed by atoms with van der Waals surface area (Å²) in [5.41, 5.74) is 1.48. The van der Waals surface area contributed by atoms with Crippen LogP contribution >= 0.6 is 0 Å². The number of carbonyl (C=O) groups excluding carboxylic acids is 1. The molecule has 0 aliphatic carbocycles. The molecular formula is C12H18N2O3. The Morgan fingerprint density at radius 3 is 2.59 bits per heavy atom. The maximum absolute atomic E-state index is 11.0.